The molecule has 1 heterocycles. The average molecular weight is 191 g/mol. The first kappa shape index (κ1) is 9.21. The van der Waals surface area contributed by atoms with Gasteiger partial charge in [-0.15, -0.1) is 0 Å². The van der Waals surface area contributed by atoms with Crippen molar-refractivity contribution in [2.24, 2.45) is 0 Å². The lowest BCUT2D eigenvalue weighted by atomic mass is 10.00. The number of hydrogen-bond acceptors (Lipinski definition) is 2. The summed E-state index contributed by atoms with van der Waals surface area (Å²) < 4.78 is 0. The van der Waals surface area contributed by atoms with Gasteiger partial charge in [-0.3, -0.25) is 4.79 Å². The zero-order valence-corrected chi connectivity index (χ0v) is 7.92. The molecule has 0 bridgehead atoms. The lowest BCUT2D eigenvalue weighted by Gasteiger charge is -2.05. The molecule has 3 nitrogen and oxygen atoms in total. The van der Waals surface area contributed by atoms with Crippen molar-refractivity contribution in [2.75, 3.05) is 0 Å². The van der Waals surface area contributed by atoms with Gasteiger partial charge in [-0.2, -0.15) is 0 Å². The normalized spacial score (nSPS) is 14.0. The molecular weight excluding hydrogens is 178 g/mol. The van der Waals surface area contributed by atoms with E-state index in [1.165, 1.54) is 16.7 Å². The fraction of sp³-hybridized carbons (Fsp3) is 0.364. The van der Waals surface area contributed by atoms with E-state index >= 15 is 0 Å². The van der Waals surface area contributed by atoms with Crippen LogP contribution in [0.3, 0.4) is 0 Å². The number of nitrogens with one attached hydrogen (secondary N) is 1. The van der Waals surface area contributed by atoms with Crippen LogP contribution in [-0.2, 0) is 24.3 Å². The number of carboxylic acids is 1. The van der Waals surface area contributed by atoms with Crippen LogP contribution in [0.2, 0.25) is 0 Å². The van der Waals surface area contributed by atoms with Crippen LogP contribution in [0.1, 0.15) is 23.1 Å². The molecule has 1 aromatic carbocycles. The molecule has 2 N–H and O–H groups in total. The number of hydrogen-bond donors (Lipinski definition) is 2. The van der Waals surface area contributed by atoms with Crippen molar-refractivity contribution in [1.29, 1.82) is 0 Å². The van der Waals surface area contributed by atoms with Gasteiger partial charge in [-0.1, -0.05) is 18.2 Å². The van der Waals surface area contributed by atoms with Crippen molar-refractivity contribution in [1.82, 2.24) is 5.32 Å². The van der Waals surface area contributed by atoms with Crippen molar-refractivity contribution in [3.63, 3.8) is 0 Å². The first-order chi connectivity index (χ1) is 6.77. The van der Waals surface area contributed by atoms with Gasteiger partial charge in [0.25, 0.3) is 0 Å². The van der Waals surface area contributed by atoms with Gasteiger partial charge in [0.1, 0.15) is 0 Å². The molecule has 0 unspecified atom stereocenters. The largest absolute Gasteiger partial charge is 0.481 e. The van der Waals surface area contributed by atoms with Gasteiger partial charge < -0.3 is 10.4 Å². The number of benzene rings is 1. The minimum atomic E-state index is -0.728. The molecule has 0 saturated heterocycles. The van der Waals surface area contributed by atoms with Crippen LogP contribution in [0, 0.1) is 0 Å². The van der Waals surface area contributed by atoms with Gasteiger partial charge in [0.2, 0.25) is 0 Å². The molecule has 0 amide bonds. The zero-order chi connectivity index (χ0) is 9.97. The van der Waals surface area contributed by atoms with Gasteiger partial charge >= 0.3 is 5.97 Å². The molecule has 0 saturated carbocycles. The van der Waals surface area contributed by atoms with Crippen molar-refractivity contribution in [3.8, 4) is 0 Å². The van der Waals surface area contributed by atoms with Crippen LogP contribution in [0.15, 0.2) is 18.2 Å². The third-order valence-corrected chi connectivity index (χ3v) is 2.60. The Morgan fingerprint density at radius 1 is 1.43 bits per heavy atom. The van der Waals surface area contributed by atoms with Crippen molar-refractivity contribution >= 4 is 5.97 Å². The Morgan fingerprint density at radius 2 is 2.29 bits per heavy atom. The molecule has 0 fully saturated rings. The molecule has 3 heteroatoms. The Bertz CT molecular complexity index is 360. The minimum Gasteiger partial charge on any atom is -0.481 e. The molecule has 14 heavy (non-hydrogen) atoms. The van der Waals surface area contributed by atoms with E-state index in [9.17, 15) is 4.79 Å². The molecular formula is C11H13NO2. The summed E-state index contributed by atoms with van der Waals surface area (Å²) >= 11 is 0. The van der Waals surface area contributed by atoms with E-state index in [-0.39, 0.29) is 6.42 Å². The van der Waals surface area contributed by atoms with E-state index in [2.05, 4.69) is 11.4 Å². The summed E-state index contributed by atoms with van der Waals surface area (Å²) in [5, 5.41) is 11.9. The predicted octanol–water partition coefficient (Wildman–Crippen LogP) is 1.31. The highest BCUT2D eigenvalue weighted by atomic mass is 16.4. The summed E-state index contributed by atoms with van der Waals surface area (Å²) in [4.78, 5) is 10.5. The van der Waals surface area contributed by atoms with Crippen LogP contribution < -0.4 is 5.32 Å². The standard InChI is InChI=1S/C11H13NO2/c13-11(14)5-4-8-2-1-3-9-6-12-7-10(8)9/h1-3,12H,4-7H2,(H,13,14). The SMILES string of the molecule is O=C(O)CCc1cccc2c1CNC2. The van der Waals surface area contributed by atoms with Crippen molar-refractivity contribution in [2.45, 2.75) is 25.9 Å². The van der Waals surface area contributed by atoms with E-state index in [0.29, 0.717) is 6.42 Å². The molecule has 2 rings (SSSR count). The van der Waals surface area contributed by atoms with Gasteiger partial charge in [0.05, 0.1) is 0 Å². The third kappa shape index (κ3) is 1.77. The molecule has 0 radical (unpaired) electrons. The third-order valence-electron chi connectivity index (χ3n) is 2.60. The summed E-state index contributed by atoms with van der Waals surface area (Å²) in [7, 11) is 0. The van der Waals surface area contributed by atoms with Crippen molar-refractivity contribution in [3.05, 3.63) is 34.9 Å². The summed E-state index contributed by atoms with van der Waals surface area (Å²) in [5.74, 6) is -0.728. The second-order valence-electron chi connectivity index (χ2n) is 3.55. The monoisotopic (exact) mass is 191 g/mol. The van der Waals surface area contributed by atoms with E-state index in [1.807, 2.05) is 12.1 Å². The fourth-order valence-corrected chi connectivity index (χ4v) is 1.88. The van der Waals surface area contributed by atoms with Gasteiger partial charge in [-0.25, -0.2) is 0 Å². The summed E-state index contributed by atoms with van der Waals surface area (Å²) in [6.45, 7) is 1.79. The summed E-state index contributed by atoms with van der Waals surface area (Å²) in [5.41, 5.74) is 3.79. The Kier molecular flexibility index (Phi) is 2.50. The minimum absolute atomic E-state index is 0.219. The molecule has 0 atom stereocenters. The number of carbonyl (C=O) groups is 1. The summed E-state index contributed by atoms with van der Waals surface area (Å²) in [6, 6.07) is 6.12. The molecule has 0 spiro atoms. The maximum atomic E-state index is 10.5. The molecule has 0 aromatic heterocycles. The molecule has 1 aliphatic rings. The number of aryl methyl sites for hydroxylation is 1. The van der Waals surface area contributed by atoms with Gasteiger partial charge in [0.15, 0.2) is 0 Å². The zero-order valence-electron chi connectivity index (χ0n) is 7.92. The van der Waals surface area contributed by atoms with Crippen LogP contribution in [0.4, 0.5) is 0 Å². The number of fused-ring (bicyclic) bond motifs is 1. The summed E-state index contributed by atoms with van der Waals surface area (Å²) in [6.07, 6.45) is 0.858. The molecule has 74 valence electrons. The van der Waals surface area contributed by atoms with E-state index in [1.54, 1.807) is 0 Å². The van der Waals surface area contributed by atoms with Gasteiger partial charge in [0, 0.05) is 19.5 Å². The quantitative estimate of drug-likeness (QED) is 0.757. The second kappa shape index (κ2) is 3.80. The number of rotatable bonds is 3. The average Bonchev–Trinajstić information content (AvgIpc) is 2.62. The highest BCUT2D eigenvalue weighted by Gasteiger charge is 2.13. The van der Waals surface area contributed by atoms with Crippen LogP contribution in [0.5, 0.6) is 0 Å². The highest BCUT2D eigenvalue weighted by molar-refractivity contribution is 5.67. The topological polar surface area (TPSA) is 49.3 Å². The fourth-order valence-electron chi connectivity index (χ4n) is 1.88. The predicted molar refractivity (Wildman–Crippen MR) is 52.9 cm³/mol. The Morgan fingerprint density at radius 3 is 3.07 bits per heavy atom. The van der Waals surface area contributed by atoms with Crippen molar-refractivity contribution < 1.29 is 9.90 Å². The Hall–Kier alpha value is -1.35. The molecule has 1 aromatic rings. The first-order valence-corrected chi connectivity index (χ1v) is 4.79. The lowest BCUT2D eigenvalue weighted by molar-refractivity contribution is -0.136. The smallest absolute Gasteiger partial charge is 0.303 e. The highest BCUT2D eigenvalue weighted by Crippen LogP contribution is 2.20. The molecule has 1 aliphatic heterocycles. The number of carboxylic acid groups (broad SMARTS) is 1. The van der Waals surface area contributed by atoms with Crippen LogP contribution >= 0.6 is 0 Å². The Balaban J connectivity index is 2.17. The van der Waals surface area contributed by atoms with E-state index in [0.717, 1.165) is 13.1 Å². The number of aliphatic carboxylic acids is 1. The maximum absolute atomic E-state index is 10.5. The Labute approximate surface area is 82.8 Å². The second-order valence-corrected chi connectivity index (χ2v) is 3.55. The van der Waals surface area contributed by atoms with E-state index < -0.39 is 5.97 Å². The van der Waals surface area contributed by atoms with E-state index in [4.69, 9.17) is 5.11 Å². The first-order valence-electron chi connectivity index (χ1n) is 4.79. The molecule has 0 aliphatic carbocycles. The van der Waals surface area contributed by atoms with Crippen LogP contribution in [0.25, 0.3) is 0 Å². The van der Waals surface area contributed by atoms with Gasteiger partial charge in [-0.05, 0) is 23.1 Å². The maximum Gasteiger partial charge on any atom is 0.303 e. The lowest BCUT2D eigenvalue weighted by Crippen LogP contribution is -2.02. The van der Waals surface area contributed by atoms with Crippen LogP contribution in [-0.4, -0.2) is 11.1 Å².